The number of rotatable bonds is 3. The van der Waals surface area contributed by atoms with E-state index in [-0.39, 0.29) is 11.9 Å². The summed E-state index contributed by atoms with van der Waals surface area (Å²) in [5.74, 6) is 0.253. The highest BCUT2D eigenvalue weighted by molar-refractivity contribution is 5.87. The number of aryl methyl sites for hydroxylation is 1. The van der Waals surface area contributed by atoms with Gasteiger partial charge in [-0.1, -0.05) is 48.5 Å². The van der Waals surface area contributed by atoms with E-state index >= 15 is 0 Å². The van der Waals surface area contributed by atoms with Gasteiger partial charge in [0.15, 0.2) is 0 Å². The molecule has 116 valence electrons. The Bertz CT molecular complexity index is 850. The summed E-state index contributed by atoms with van der Waals surface area (Å²) in [7, 11) is 0. The van der Waals surface area contributed by atoms with Crippen LogP contribution in [-0.2, 0) is 11.3 Å². The number of aromatic nitrogens is 1. The largest absolute Gasteiger partial charge is 0.358 e. The Morgan fingerprint density at radius 1 is 1.09 bits per heavy atom. The molecule has 2 heterocycles. The first-order chi connectivity index (χ1) is 11.2. The van der Waals surface area contributed by atoms with Crippen molar-refractivity contribution in [3.8, 4) is 0 Å². The molecule has 3 heteroatoms. The van der Waals surface area contributed by atoms with Crippen LogP contribution in [0.2, 0.25) is 0 Å². The van der Waals surface area contributed by atoms with Crippen molar-refractivity contribution in [1.29, 1.82) is 0 Å². The van der Waals surface area contributed by atoms with Gasteiger partial charge in [-0.3, -0.25) is 4.79 Å². The summed E-state index contributed by atoms with van der Waals surface area (Å²) in [4.78, 5) is 18.0. The molecule has 2 aromatic carbocycles. The zero-order valence-corrected chi connectivity index (χ0v) is 13.3. The maximum absolute atomic E-state index is 12.4. The number of hydrogen-bond donors (Lipinski definition) is 1. The third-order valence-corrected chi connectivity index (χ3v) is 4.80. The Hall–Kier alpha value is -2.55. The first kappa shape index (κ1) is 14.1. The molecule has 0 spiro atoms. The first-order valence-corrected chi connectivity index (χ1v) is 8.14. The van der Waals surface area contributed by atoms with Crippen LogP contribution in [0.25, 0.3) is 10.9 Å². The maximum atomic E-state index is 12.4. The van der Waals surface area contributed by atoms with Gasteiger partial charge < -0.3 is 9.88 Å². The molecule has 1 unspecified atom stereocenters. The van der Waals surface area contributed by atoms with Gasteiger partial charge in [-0.2, -0.15) is 0 Å². The molecule has 0 aliphatic carbocycles. The monoisotopic (exact) mass is 304 g/mol. The predicted molar refractivity (Wildman–Crippen MR) is 92.0 cm³/mol. The molecular formula is C20H20N2O. The van der Waals surface area contributed by atoms with E-state index in [9.17, 15) is 4.79 Å². The minimum atomic E-state index is 0.166. The van der Waals surface area contributed by atoms with Crippen molar-refractivity contribution in [1.82, 2.24) is 9.88 Å². The van der Waals surface area contributed by atoms with Crippen LogP contribution in [0.15, 0.2) is 54.6 Å². The molecule has 0 bridgehead atoms. The fourth-order valence-corrected chi connectivity index (χ4v) is 3.74. The number of H-pyrrole nitrogens is 1. The molecule has 23 heavy (non-hydrogen) atoms. The lowest BCUT2D eigenvalue weighted by molar-refractivity contribution is -0.129. The van der Waals surface area contributed by atoms with Crippen molar-refractivity contribution < 1.29 is 4.79 Å². The number of nitrogens with one attached hydrogen (secondary N) is 1. The Balaban J connectivity index is 1.74. The lowest BCUT2D eigenvalue weighted by Crippen LogP contribution is -2.27. The normalized spacial score (nSPS) is 18.0. The number of carbonyl (C=O) groups is 1. The molecule has 0 radical (unpaired) electrons. The van der Waals surface area contributed by atoms with Gasteiger partial charge in [-0.05, 0) is 25.0 Å². The molecule has 1 aromatic heterocycles. The Morgan fingerprint density at radius 2 is 1.83 bits per heavy atom. The second kappa shape index (κ2) is 5.58. The van der Waals surface area contributed by atoms with Gasteiger partial charge in [0.2, 0.25) is 5.91 Å². The van der Waals surface area contributed by atoms with Gasteiger partial charge in [-0.25, -0.2) is 0 Å². The van der Waals surface area contributed by atoms with Crippen molar-refractivity contribution in [2.75, 3.05) is 0 Å². The summed E-state index contributed by atoms with van der Waals surface area (Å²) in [5, 5.41) is 1.24. The van der Waals surface area contributed by atoms with E-state index in [1.54, 1.807) is 0 Å². The van der Waals surface area contributed by atoms with Crippen LogP contribution in [0, 0.1) is 6.92 Å². The number of aromatic amines is 1. The Labute approximate surface area is 135 Å². The quantitative estimate of drug-likeness (QED) is 0.767. The second-order valence-corrected chi connectivity index (χ2v) is 6.27. The van der Waals surface area contributed by atoms with Crippen LogP contribution in [0.5, 0.6) is 0 Å². The van der Waals surface area contributed by atoms with Gasteiger partial charge in [0, 0.05) is 35.1 Å². The van der Waals surface area contributed by atoms with E-state index in [4.69, 9.17) is 0 Å². The predicted octanol–water partition coefficient (Wildman–Crippen LogP) is 4.34. The highest BCUT2D eigenvalue weighted by Gasteiger charge is 2.34. The highest BCUT2D eigenvalue weighted by Crippen LogP contribution is 2.39. The topological polar surface area (TPSA) is 36.1 Å². The summed E-state index contributed by atoms with van der Waals surface area (Å²) in [6.45, 7) is 2.79. The van der Waals surface area contributed by atoms with Gasteiger partial charge >= 0.3 is 0 Å². The molecule has 1 aliphatic heterocycles. The molecule has 1 fully saturated rings. The fourth-order valence-electron chi connectivity index (χ4n) is 3.74. The van der Waals surface area contributed by atoms with Gasteiger partial charge in [0.1, 0.15) is 0 Å². The number of likely N-dealkylation sites (tertiary alicyclic amines) is 1. The zero-order valence-electron chi connectivity index (χ0n) is 13.3. The Kier molecular flexibility index (Phi) is 3.41. The molecule has 3 aromatic rings. The molecule has 3 nitrogen and oxygen atoms in total. The van der Waals surface area contributed by atoms with E-state index < -0.39 is 0 Å². The minimum absolute atomic E-state index is 0.166. The Morgan fingerprint density at radius 3 is 2.65 bits per heavy atom. The standard InChI is InChI=1S/C20H20N2O/c1-14-20(16-9-5-6-10-17(16)21-14)18-11-12-19(23)22(18)13-15-7-3-2-4-8-15/h2-10,18,21H,11-13H2,1H3. The molecule has 1 aliphatic rings. The van der Waals surface area contributed by atoms with Crippen LogP contribution in [0.4, 0.5) is 0 Å². The number of amides is 1. The zero-order chi connectivity index (χ0) is 15.8. The number of benzene rings is 2. The van der Waals surface area contributed by atoms with Crippen LogP contribution in [0.1, 0.15) is 35.7 Å². The summed E-state index contributed by atoms with van der Waals surface area (Å²) in [5.41, 5.74) is 4.79. The molecule has 0 saturated carbocycles. The fraction of sp³-hybridized carbons (Fsp3) is 0.250. The van der Waals surface area contributed by atoms with Crippen molar-refractivity contribution >= 4 is 16.8 Å². The lowest BCUT2D eigenvalue weighted by atomic mass is 10.0. The van der Waals surface area contributed by atoms with Gasteiger partial charge in [0.25, 0.3) is 0 Å². The van der Waals surface area contributed by atoms with Crippen molar-refractivity contribution in [3.63, 3.8) is 0 Å². The van der Waals surface area contributed by atoms with E-state index in [2.05, 4.69) is 42.2 Å². The van der Waals surface area contributed by atoms with Crippen molar-refractivity contribution in [2.45, 2.75) is 32.4 Å². The summed E-state index contributed by atoms with van der Waals surface area (Å²) < 4.78 is 0. The number of para-hydroxylation sites is 1. The lowest BCUT2D eigenvalue weighted by Gasteiger charge is -2.25. The van der Waals surface area contributed by atoms with Crippen LogP contribution < -0.4 is 0 Å². The average Bonchev–Trinajstić information content (AvgIpc) is 3.08. The molecule has 1 atom stereocenters. The van der Waals surface area contributed by atoms with Crippen LogP contribution in [0.3, 0.4) is 0 Å². The highest BCUT2D eigenvalue weighted by atomic mass is 16.2. The van der Waals surface area contributed by atoms with E-state index in [1.807, 2.05) is 29.2 Å². The molecule has 4 rings (SSSR count). The minimum Gasteiger partial charge on any atom is -0.358 e. The SMILES string of the molecule is Cc1[nH]c2ccccc2c1C1CCC(=O)N1Cc1ccccc1. The second-order valence-electron chi connectivity index (χ2n) is 6.27. The van der Waals surface area contributed by atoms with E-state index in [0.29, 0.717) is 13.0 Å². The smallest absolute Gasteiger partial charge is 0.223 e. The van der Waals surface area contributed by atoms with Gasteiger partial charge in [0.05, 0.1) is 6.04 Å². The summed E-state index contributed by atoms with van der Waals surface area (Å²) in [6, 6.07) is 18.8. The number of hydrogen-bond acceptors (Lipinski definition) is 1. The molecule has 1 amide bonds. The number of carbonyl (C=O) groups excluding carboxylic acids is 1. The molecule has 1 N–H and O–H groups in total. The van der Waals surface area contributed by atoms with Gasteiger partial charge in [-0.15, -0.1) is 0 Å². The maximum Gasteiger partial charge on any atom is 0.223 e. The van der Waals surface area contributed by atoms with E-state index in [1.165, 1.54) is 22.2 Å². The number of nitrogens with zero attached hydrogens (tertiary/aromatic N) is 1. The van der Waals surface area contributed by atoms with Crippen molar-refractivity contribution in [2.24, 2.45) is 0 Å². The third-order valence-electron chi connectivity index (χ3n) is 4.80. The summed E-state index contributed by atoms with van der Waals surface area (Å²) in [6.07, 6.45) is 1.53. The summed E-state index contributed by atoms with van der Waals surface area (Å²) >= 11 is 0. The van der Waals surface area contributed by atoms with Crippen LogP contribution in [-0.4, -0.2) is 15.8 Å². The molecular weight excluding hydrogens is 284 g/mol. The average molecular weight is 304 g/mol. The first-order valence-electron chi connectivity index (χ1n) is 8.14. The van der Waals surface area contributed by atoms with E-state index in [0.717, 1.165) is 11.9 Å². The number of fused-ring (bicyclic) bond motifs is 1. The van der Waals surface area contributed by atoms with Crippen LogP contribution >= 0.6 is 0 Å². The third kappa shape index (κ3) is 2.42. The molecule has 1 saturated heterocycles. The van der Waals surface area contributed by atoms with Crippen molar-refractivity contribution in [3.05, 3.63) is 71.4 Å².